The first kappa shape index (κ1) is 18.2. The summed E-state index contributed by atoms with van der Waals surface area (Å²) in [6.45, 7) is 5.54. The predicted molar refractivity (Wildman–Crippen MR) is 103 cm³/mol. The van der Waals surface area contributed by atoms with E-state index in [0.717, 1.165) is 45.4 Å². The van der Waals surface area contributed by atoms with Gasteiger partial charge in [-0.25, -0.2) is 0 Å². The molecule has 2 N–H and O–H groups in total. The summed E-state index contributed by atoms with van der Waals surface area (Å²) in [5, 5.41) is 7.09. The van der Waals surface area contributed by atoms with Crippen LogP contribution < -0.4 is 10.6 Å². The van der Waals surface area contributed by atoms with Gasteiger partial charge >= 0.3 is 0 Å². The van der Waals surface area contributed by atoms with E-state index in [1.807, 2.05) is 7.05 Å². The van der Waals surface area contributed by atoms with Gasteiger partial charge in [0, 0.05) is 39.3 Å². The Morgan fingerprint density at radius 2 is 1.84 bits per heavy atom. The van der Waals surface area contributed by atoms with E-state index in [2.05, 4.69) is 44.8 Å². The number of nitrogens with zero attached hydrogens (tertiary/aromatic N) is 2. The van der Waals surface area contributed by atoms with Crippen LogP contribution in [0.15, 0.2) is 29.3 Å². The van der Waals surface area contributed by atoms with E-state index in [9.17, 15) is 0 Å². The smallest absolute Gasteiger partial charge is 0.191 e. The highest BCUT2D eigenvalue weighted by Crippen LogP contribution is 2.17. The average molecular weight is 345 g/mol. The number of morpholine rings is 1. The summed E-state index contributed by atoms with van der Waals surface area (Å²) in [5.74, 6) is 0.924. The summed E-state index contributed by atoms with van der Waals surface area (Å²) in [7, 11) is 1.86. The number of hydrogen-bond acceptors (Lipinski definition) is 3. The summed E-state index contributed by atoms with van der Waals surface area (Å²) in [6.07, 6.45) is 6.55. The number of hydrogen-bond donors (Lipinski definition) is 2. The van der Waals surface area contributed by atoms with E-state index in [1.165, 1.54) is 43.2 Å². The van der Waals surface area contributed by atoms with Crippen LogP contribution in [0.3, 0.4) is 0 Å². The van der Waals surface area contributed by atoms with E-state index in [1.54, 1.807) is 0 Å². The topological polar surface area (TPSA) is 48.9 Å². The van der Waals surface area contributed by atoms with E-state index in [-0.39, 0.29) is 0 Å². The Hall–Kier alpha value is -1.59. The molecular weight excluding hydrogens is 312 g/mol. The fourth-order valence-corrected chi connectivity index (χ4v) is 3.70. The van der Waals surface area contributed by atoms with Gasteiger partial charge in [-0.3, -0.25) is 9.89 Å². The molecule has 2 aliphatic rings. The molecule has 1 aliphatic carbocycles. The van der Waals surface area contributed by atoms with Crippen LogP contribution in [0.2, 0.25) is 0 Å². The van der Waals surface area contributed by atoms with Crippen LogP contribution in [0.25, 0.3) is 0 Å². The third kappa shape index (κ3) is 5.72. The summed E-state index contributed by atoms with van der Waals surface area (Å²) in [6, 6.07) is 9.29. The molecule has 0 radical (unpaired) electrons. The highest BCUT2D eigenvalue weighted by Gasteiger charge is 2.15. The lowest BCUT2D eigenvalue weighted by Crippen LogP contribution is -2.44. The highest BCUT2D eigenvalue weighted by molar-refractivity contribution is 5.80. The van der Waals surface area contributed by atoms with E-state index < -0.39 is 0 Å². The number of benzene rings is 1. The third-order valence-corrected chi connectivity index (χ3v) is 5.23. The number of ether oxygens (including phenoxy) is 1. The number of nitrogens with one attached hydrogen (secondary N) is 2. The Balaban J connectivity index is 1.54. The van der Waals surface area contributed by atoms with Crippen molar-refractivity contribution >= 4 is 5.96 Å². The fraction of sp³-hybridized carbons (Fsp3) is 0.650. The molecule has 5 heteroatoms. The minimum absolute atomic E-state index is 0.573. The van der Waals surface area contributed by atoms with Gasteiger partial charge in [0.15, 0.2) is 5.96 Å². The van der Waals surface area contributed by atoms with Gasteiger partial charge in [0.1, 0.15) is 0 Å². The van der Waals surface area contributed by atoms with Crippen molar-refractivity contribution in [3.63, 3.8) is 0 Å². The van der Waals surface area contributed by atoms with E-state index in [0.29, 0.717) is 6.04 Å². The van der Waals surface area contributed by atoms with Gasteiger partial charge in [-0.15, -0.1) is 0 Å². The number of aliphatic imine (C=N–C) groups is 1. The maximum absolute atomic E-state index is 5.46. The summed E-state index contributed by atoms with van der Waals surface area (Å²) in [5.41, 5.74) is 2.74. The molecule has 1 saturated heterocycles. The van der Waals surface area contributed by atoms with Crippen molar-refractivity contribution in [3.05, 3.63) is 35.4 Å². The molecule has 1 aliphatic heterocycles. The second-order valence-corrected chi connectivity index (χ2v) is 7.06. The Labute approximate surface area is 151 Å². The van der Waals surface area contributed by atoms with Crippen molar-refractivity contribution in [2.45, 2.75) is 51.2 Å². The highest BCUT2D eigenvalue weighted by atomic mass is 16.5. The molecular formula is C20H32N4O. The number of rotatable bonds is 5. The first-order valence-corrected chi connectivity index (χ1v) is 9.69. The lowest BCUT2D eigenvalue weighted by Gasteiger charge is -2.28. The second-order valence-electron chi connectivity index (χ2n) is 7.06. The number of guanidine groups is 1. The van der Waals surface area contributed by atoms with Crippen LogP contribution >= 0.6 is 0 Å². The van der Waals surface area contributed by atoms with Gasteiger partial charge in [-0.1, -0.05) is 43.5 Å². The second kappa shape index (κ2) is 9.78. The fourth-order valence-electron chi connectivity index (χ4n) is 3.70. The largest absolute Gasteiger partial charge is 0.379 e. The molecule has 0 unspecified atom stereocenters. The van der Waals surface area contributed by atoms with E-state index >= 15 is 0 Å². The Morgan fingerprint density at radius 3 is 2.56 bits per heavy atom. The molecule has 1 aromatic carbocycles. The Kier molecular flexibility index (Phi) is 7.12. The molecule has 0 atom stereocenters. The zero-order valence-corrected chi connectivity index (χ0v) is 15.5. The minimum Gasteiger partial charge on any atom is -0.379 e. The quantitative estimate of drug-likeness (QED) is 0.637. The third-order valence-electron chi connectivity index (χ3n) is 5.23. The van der Waals surface area contributed by atoms with E-state index in [4.69, 9.17) is 4.74 Å². The van der Waals surface area contributed by atoms with Gasteiger partial charge in [0.2, 0.25) is 0 Å². The summed E-state index contributed by atoms with van der Waals surface area (Å²) < 4.78 is 5.46. The summed E-state index contributed by atoms with van der Waals surface area (Å²) in [4.78, 5) is 6.88. The van der Waals surface area contributed by atoms with Crippen LogP contribution in [0.5, 0.6) is 0 Å². The SMILES string of the molecule is CN=C(NCc1ccccc1CN1CCOCC1)NC1CCCCC1. The van der Waals surface area contributed by atoms with Crippen LogP contribution in [-0.2, 0) is 17.8 Å². The monoisotopic (exact) mass is 344 g/mol. The summed E-state index contributed by atoms with van der Waals surface area (Å²) >= 11 is 0. The van der Waals surface area contributed by atoms with Crippen molar-refractivity contribution in [1.82, 2.24) is 15.5 Å². The van der Waals surface area contributed by atoms with Crippen molar-refractivity contribution in [3.8, 4) is 0 Å². The lowest BCUT2D eigenvalue weighted by atomic mass is 9.96. The molecule has 0 amide bonds. The maximum atomic E-state index is 5.46. The van der Waals surface area contributed by atoms with Crippen LogP contribution in [0.4, 0.5) is 0 Å². The van der Waals surface area contributed by atoms with Gasteiger partial charge in [-0.05, 0) is 24.0 Å². The molecule has 1 saturated carbocycles. The Bertz CT molecular complexity index is 548. The molecule has 1 aromatic rings. The first-order chi connectivity index (χ1) is 12.3. The zero-order chi connectivity index (χ0) is 17.3. The van der Waals surface area contributed by atoms with Crippen LogP contribution in [-0.4, -0.2) is 50.3 Å². The molecule has 2 fully saturated rings. The van der Waals surface area contributed by atoms with Crippen molar-refractivity contribution in [1.29, 1.82) is 0 Å². The standard InChI is InChI=1S/C20H32N4O/c1-21-20(23-19-9-3-2-4-10-19)22-15-17-7-5-6-8-18(17)16-24-11-13-25-14-12-24/h5-8,19H,2-4,9-16H2,1H3,(H2,21,22,23). The molecule has 1 heterocycles. The molecule has 0 aromatic heterocycles. The molecule has 0 spiro atoms. The Morgan fingerprint density at radius 1 is 1.12 bits per heavy atom. The molecule has 25 heavy (non-hydrogen) atoms. The van der Waals surface area contributed by atoms with Crippen molar-refractivity contribution < 1.29 is 4.74 Å². The van der Waals surface area contributed by atoms with Crippen LogP contribution in [0, 0.1) is 0 Å². The van der Waals surface area contributed by atoms with Gasteiger partial charge in [0.25, 0.3) is 0 Å². The zero-order valence-electron chi connectivity index (χ0n) is 15.5. The first-order valence-electron chi connectivity index (χ1n) is 9.69. The minimum atomic E-state index is 0.573. The van der Waals surface area contributed by atoms with Crippen molar-refractivity contribution in [2.75, 3.05) is 33.4 Å². The van der Waals surface area contributed by atoms with Gasteiger partial charge in [-0.2, -0.15) is 0 Å². The predicted octanol–water partition coefficient (Wildman–Crippen LogP) is 2.52. The van der Waals surface area contributed by atoms with Gasteiger partial charge < -0.3 is 15.4 Å². The molecule has 5 nitrogen and oxygen atoms in total. The molecule has 0 bridgehead atoms. The normalized spacial score (nSPS) is 20.4. The molecule has 138 valence electrons. The average Bonchev–Trinajstić information content (AvgIpc) is 2.68. The maximum Gasteiger partial charge on any atom is 0.191 e. The van der Waals surface area contributed by atoms with Crippen molar-refractivity contribution in [2.24, 2.45) is 4.99 Å². The molecule has 3 rings (SSSR count). The van der Waals surface area contributed by atoms with Gasteiger partial charge in [0.05, 0.1) is 13.2 Å². The lowest BCUT2D eigenvalue weighted by molar-refractivity contribution is 0.0341. The van der Waals surface area contributed by atoms with Crippen LogP contribution in [0.1, 0.15) is 43.2 Å².